The first-order valence-corrected chi connectivity index (χ1v) is 10.9. The molecule has 0 aliphatic heterocycles. The van der Waals surface area contributed by atoms with Crippen molar-refractivity contribution in [2.24, 2.45) is 0 Å². The van der Waals surface area contributed by atoms with Gasteiger partial charge in [-0.2, -0.15) is 0 Å². The quantitative estimate of drug-likeness (QED) is 0.350. The number of unbranched alkanes of at least 4 members (excludes halogenated alkanes) is 1. The topological polar surface area (TPSA) is 44.1 Å². The summed E-state index contributed by atoms with van der Waals surface area (Å²) < 4.78 is 7.26. The molecule has 3 rings (SSSR count). The molecule has 0 saturated heterocycles. The Kier molecular flexibility index (Phi) is 7.42. The third kappa shape index (κ3) is 5.67. The SMILES string of the molecule is CCCCc1ncc(/C=C(\Cc2cccs2)C(=O)OC)n1Cc1ccc(C)cc1. The summed E-state index contributed by atoms with van der Waals surface area (Å²) in [7, 11) is 1.43. The van der Waals surface area contributed by atoms with Crippen molar-refractivity contribution in [1.82, 2.24) is 9.55 Å². The highest BCUT2D eigenvalue weighted by Gasteiger charge is 2.15. The smallest absolute Gasteiger partial charge is 0.334 e. The van der Waals surface area contributed by atoms with E-state index in [9.17, 15) is 4.79 Å². The summed E-state index contributed by atoms with van der Waals surface area (Å²) in [6.07, 6.45) is 7.50. The molecule has 1 aromatic carbocycles. The van der Waals surface area contributed by atoms with E-state index in [0.717, 1.165) is 42.2 Å². The normalized spacial score (nSPS) is 11.6. The van der Waals surface area contributed by atoms with E-state index in [1.165, 1.54) is 18.2 Å². The molecule has 0 atom stereocenters. The Balaban J connectivity index is 1.96. The third-order valence-electron chi connectivity index (χ3n) is 4.90. The summed E-state index contributed by atoms with van der Waals surface area (Å²) in [4.78, 5) is 18.2. The van der Waals surface area contributed by atoms with E-state index in [1.807, 2.05) is 29.8 Å². The van der Waals surface area contributed by atoms with Crippen molar-refractivity contribution < 1.29 is 9.53 Å². The largest absolute Gasteiger partial charge is 0.466 e. The van der Waals surface area contributed by atoms with Gasteiger partial charge in [-0.3, -0.25) is 0 Å². The maximum absolute atomic E-state index is 12.4. The van der Waals surface area contributed by atoms with Crippen molar-refractivity contribution in [3.63, 3.8) is 0 Å². The van der Waals surface area contributed by atoms with Crippen molar-refractivity contribution in [1.29, 1.82) is 0 Å². The predicted octanol–water partition coefficient (Wildman–Crippen LogP) is 5.44. The molecule has 0 radical (unpaired) electrons. The van der Waals surface area contributed by atoms with Crippen molar-refractivity contribution in [3.8, 4) is 0 Å². The van der Waals surface area contributed by atoms with Gasteiger partial charge in [0.15, 0.2) is 0 Å². The van der Waals surface area contributed by atoms with Gasteiger partial charge in [-0.15, -0.1) is 11.3 Å². The zero-order valence-corrected chi connectivity index (χ0v) is 18.2. The van der Waals surface area contributed by atoms with E-state index >= 15 is 0 Å². The summed E-state index contributed by atoms with van der Waals surface area (Å²) in [6.45, 7) is 5.01. The van der Waals surface area contributed by atoms with Crippen molar-refractivity contribution in [2.45, 2.75) is 46.1 Å². The van der Waals surface area contributed by atoms with E-state index in [1.54, 1.807) is 11.3 Å². The van der Waals surface area contributed by atoms with Gasteiger partial charge in [0.2, 0.25) is 0 Å². The van der Waals surface area contributed by atoms with Gasteiger partial charge >= 0.3 is 5.97 Å². The van der Waals surface area contributed by atoms with Crippen LogP contribution in [0.15, 0.2) is 53.5 Å². The molecule has 0 fully saturated rings. The predicted molar refractivity (Wildman–Crippen MR) is 119 cm³/mol. The molecule has 29 heavy (non-hydrogen) atoms. The number of rotatable bonds is 9. The summed E-state index contributed by atoms with van der Waals surface area (Å²) in [5.41, 5.74) is 4.05. The first-order valence-electron chi connectivity index (χ1n) is 10.0. The van der Waals surface area contributed by atoms with E-state index in [-0.39, 0.29) is 5.97 Å². The summed E-state index contributed by atoms with van der Waals surface area (Å²) in [5.74, 6) is 0.760. The second-order valence-corrected chi connectivity index (χ2v) is 8.22. The minimum absolute atomic E-state index is 0.295. The molecule has 2 heterocycles. The van der Waals surface area contributed by atoms with Gasteiger partial charge in [0.05, 0.1) is 19.0 Å². The summed E-state index contributed by atoms with van der Waals surface area (Å²) >= 11 is 1.64. The zero-order chi connectivity index (χ0) is 20.6. The molecular formula is C24H28N2O2S. The Labute approximate surface area is 176 Å². The number of imidazole rings is 1. The number of hydrogen-bond donors (Lipinski definition) is 0. The Morgan fingerprint density at radius 1 is 1.24 bits per heavy atom. The fourth-order valence-electron chi connectivity index (χ4n) is 3.23. The molecule has 152 valence electrons. The minimum atomic E-state index is -0.295. The molecular weight excluding hydrogens is 380 g/mol. The Hall–Kier alpha value is -2.66. The first kappa shape index (κ1) is 21.1. The van der Waals surface area contributed by atoms with E-state index in [4.69, 9.17) is 4.74 Å². The maximum atomic E-state index is 12.4. The average molecular weight is 409 g/mol. The number of benzene rings is 1. The molecule has 5 heteroatoms. The van der Waals surface area contributed by atoms with Gasteiger partial charge in [0.1, 0.15) is 5.82 Å². The molecule has 0 N–H and O–H groups in total. The van der Waals surface area contributed by atoms with Crippen LogP contribution in [-0.2, 0) is 28.9 Å². The number of ether oxygens (including phenoxy) is 1. The second kappa shape index (κ2) is 10.2. The van der Waals surface area contributed by atoms with Gasteiger partial charge in [-0.25, -0.2) is 9.78 Å². The number of carbonyl (C=O) groups is 1. The molecule has 0 bridgehead atoms. The van der Waals surface area contributed by atoms with E-state index in [0.29, 0.717) is 12.0 Å². The van der Waals surface area contributed by atoms with E-state index in [2.05, 4.69) is 47.7 Å². The van der Waals surface area contributed by atoms with Crippen LogP contribution in [0.4, 0.5) is 0 Å². The molecule has 4 nitrogen and oxygen atoms in total. The van der Waals surface area contributed by atoms with Gasteiger partial charge in [0, 0.05) is 29.8 Å². The number of nitrogens with zero attached hydrogens (tertiary/aromatic N) is 2. The van der Waals surface area contributed by atoms with Crippen LogP contribution in [0.3, 0.4) is 0 Å². The number of aryl methyl sites for hydroxylation is 2. The lowest BCUT2D eigenvalue weighted by atomic mass is 10.1. The van der Waals surface area contributed by atoms with Crippen LogP contribution in [0.2, 0.25) is 0 Å². The Bertz CT molecular complexity index is 953. The Morgan fingerprint density at radius 3 is 2.69 bits per heavy atom. The lowest BCUT2D eigenvalue weighted by Crippen LogP contribution is -2.10. The molecule has 0 unspecified atom stereocenters. The molecule has 3 aromatic rings. The summed E-state index contributed by atoms with van der Waals surface area (Å²) in [6, 6.07) is 12.6. The van der Waals surface area contributed by atoms with Crippen molar-refractivity contribution in [3.05, 3.63) is 81.1 Å². The number of methoxy groups -OCH3 is 1. The van der Waals surface area contributed by atoms with Gasteiger partial charge in [-0.05, 0) is 36.4 Å². The zero-order valence-electron chi connectivity index (χ0n) is 17.4. The van der Waals surface area contributed by atoms with Crippen LogP contribution in [-0.4, -0.2) is 22.6 Å². The molecule has 0 saturated carbocycles. The van der Waals surface area contributed by atoms with Gasteiger partial charge in [0.25, 0.3) is 0 Å². The molecule has 0 aliphatic rings. The lowest BCUT2D eigenvalue weighted by molar-refractivity contribution is -0.136. The van der Waals surface area contributed by atoms with Crippen LogP contribution in [0.25, 0.3) is 6.08 Å². The lowest BCUT2D eigenvalue weighted by Gasteiger charge is -2.12. The standard InChI is InChI=1S/C24H28N2O2S/c1-4-5-8-23-25-16-21(26(23)17-19-11-9-18(2)10-12-19)14-20(24(27)28-3)15-22-7-6-13-29-22/h6-7,9-14,16H,4-5,8,15,17H2,1-3H3/b20-14+. The molecule has 0 aliphatic carbocycles. The first-order chi connectivity index (χ1) is 14.1. The molecule has 0 spiro atoms. The monoisotopic (exact) mass is 408 g/mol. The average Bonchev–Trinajstić information content (AvgIpc) is 3.37. The van der Waals surface area contributed by atoms with Crippen molar-refractivity contribution in [2.75, 3.05) is 7.11 Å². The van der Waals surface area contributed by atoms with Gasteiger partial charge < -0.3 is 9.30 Å². The number of aromatic nitrogens is 2. The highest BCUT2D eigenvalue weighted by molar-refractivity contribution is 7.09. The van der Waals surface area contributed by atoms with Crippen molar-refractivity contribution >= 4 is 23.4 Å². The number of thiophene rings is 1. The number of esters is 1. The summed E-state index contributed by atoms with van der Waals surface area (Å²) in [5, 5.41) is 2.02. The highest BCUT2D eigenvalue weighted by Crippen LogP contribution is 2.20. The van der Waals surface area contributed by atoms with Crippen LogP contribution in [0, 0.1) is 6.92 Å². The highest BCUT2D eigenvalue weighted by atomic mass is 32.1. The third-order valence-corrected chi connectivity index (χ3v) is 5.78. The number of carbonyl (C=O) groups excluding carboxylic acids is 1. The Morgan fingerprint density at radius 2 is 2.03 bits per heavy atom. The second-order valence-electron chi connectivity index (χ2n) is 7.19. The fraction of sp³-hybridized carbons (Fsp3) is 0.333. The van der Waals surface area contributed by atoms with Crippen LogP contribution in [0.5, 0.6) is 0 Å². The fourth-order valence-corrected chi connectivity index (χ4v) is 3.96. The van der Waals surface area contributed by atoms with Crippen LogP contribution in [0.1, 0.15) is 47.3 Å². The van der Waals surface area contributed by atoms with E-state index < -0.39 is 0 Å². The van der Waals surface area contributed by atoms with Gasteiger partial charge in [-0.1, -0.05) is 49.2 Å². The molecule has 2 aromatic heterocycles. The van der Waals surface area contributed by atoms with Crippen LogP contribution >= 0.6 is 11.3 Å². The number of hydrogen-bond acceptors (Lipinski definition) is 4. The maximum Gasteiger partial charge on any atom is 0.334 e. The molecule has 0 amide bonds. The minimum Gasteiger partial charge on any atom is -0.466 e. The van der Waals surface area contributed by atoms with Crippen LogP contribution < -0.4 is 0 Å².